The molecule has 1 atom stereocenters. The number of amides is 2. The standard InChI is InChI=1S/C24H24N4O3S/c29-23-15-32-22-8-6-18(12-21(22)27-23)28-14-19(31-24(28)30)4-2-9-25-13-16-5-7-20-17(11-16)3-1-10-26-20/h1,3,5-8,10-12,19,25H,2,4,9,13-15H2,(H,27,29). The topological polar surface area (TPSA) is 83.6 Å². The Hall–Kier alpha value is -3.10. The molecule has 3 aromatic rings. The summed E-state index contributed by atoms with van der Waals surface area (Å²) in [7, 11) is 0. The molecule has 2 aliphatic heterocycles. The second-order valence-corrected chi connectivity index (χ2v) is 9.00. The summed E-state index contributed by atoms with van der Waals surface area (Å²) in [5.74, 6) is 0.404. The minimum Gasteiger partial charge on any atom is -0.444 e. The Morgan fingerprint density at radius 2 is 2.12 bits per heavy atom. The van der Waals surface area contributed by atoms with Crippen LogP contribution in [-0.2, 0) is 16.1 Å². The molecular formula is C24H24N4O3S. The van der Waals surface area contributed by atoms with Gasteiger partial charge in [0.2, 0.25) is 5.91 Å². The lowest BCUT2D eigenvalue weighted by atomic mass is 10.1. The van der Waals surface area contributed by atoms with Crippen LogP contribution in [0, 0.1) is 0 Å². The first-order valence-corrected chi connectivity index (χ1v) is 11.7. The van der Waals surface area contributed by atoms with Crippen LogP contribution in [0.25, 0.3) is 10.9 Å². The van der Waals surface area contributed by atoms with Gasteiger partial charge >= 0.3 is 6.09 Å². The van der Waals surface area contributed by atoms with Gasteiger partial charge in [0.1, 0.15) is 6.10 Å². The van der Waals surface area contributed by atoms with E-state index in [1.54, 1.807) is 11.1 Å². The van der Waals surface area contributed by atoms with Crippen LogP contribution in [0.5, 0.6) is 0 Å². The smallest absolute Gasteiger partial charge is 0.414 e. The van der Waals surface area contributed by atoms with Crippen molar-refractivity contribution in [1.82, 2.24) is 10.3 Å². The summed E-state index contributed by atoms with van der Waals surface area (Å²) < 4.78 is 5.57. The molecule has 3 heterocycles. The Bertz CT molecular complexity index is 1170. The fourth-order valence-electron chi connectivity index (χ4n) is 4.04. The number of fused-ring (bicyclic) bond motifs is 2. The lowest BCUT2D eigenvalue weighted by Crippen LogP contribution is -2.25. The molecule has 0 spiro atoms. The first-order valence-electron chi connectivity index (χ1n) is 10.7. The molecule has 2 amide bonds. The highest BCUT2D eigenvalue weighted by Crippen LogP contribution is 2.35. The van der Waals surface area contributed by atoms with Crippen LogP contribution < -0.4 is 15.5 Å². The molecule has 1 fully saturated rings. The monoisotopic (exact) mass is 448 g/mol. The average molecular weight is 449 g/mol. The molecule has 2 aliphatic rings. The number of hydrogen-bond acceptors (Lipinski definition) is 6. The fraction of sp³-hybridized carbons (Fsp3) is 0.292. The summed E-state index contributed by atoms with van der Waals surface area (Å²) >= 11 is 1.51. The maximum Gasteiger partial charge on any atom is 0.414 e. The number of benzene rings is 2. The Morgan fingerprint density at radius 3 is 3.06 bits per heavy atom. The minimum atomic E-state index is -0.331. The molecule has 164 valence electrons. The SMILES string of the molecule is O=C1CSc2ccc(N3CC(CCCNCc4ccc5ncccc5c4)OC3=O)cc2N1. The van der Waals surface area contributed by atoms with Crippen molar-refractivity contribution in [2.24, 2.45) is 0 Å². The van der Waals surface area contributed by atoms with Gasteiger partial charge in [-0.05, 0) is 61.3 Å². The van der Waals surface area contributed by atoms with Crippen LogP contribution in [0.1, 0.15) is 18.4 Å². The van der Waals surface area contributed by atoms with E-state index in [9.17, 15) is 9.59 Å². The number of anilines is 2. The third kappa shape index (κ3) is 4.56. The van der Waals surface area contributed by atoms with E-state index in [4.69, 9.17) is 4.74 Å². The average Bonchev–Trinajstić information content (AvgIpc) is 3.18. The van der Waals surface area contributed by atoms with Crippen molar-refractivity contribution in [3.8, 4) is 0 Å². The van der Waals surface area contributed by atoms with Gasteiger partial charge in [-0.3, -0.25) is 14.7 Å². The van der Waals surface area contributed by atoms with E-state index in [0.29, 0.717) is 12.3 Å². The van der Waals surface area contributed by atoms with E-state index in [-0.39, 0.29) is 18.1 Å². The Labute approximate surface area is 190 Å². The second-order valence-electron chi connectivity index (χ2n) is 7.98. The number of ether oxygens (including phenoxy) is 1. The number of carbonyl (C=O) groups excluding carboxylic acids is 2. The summed E-state index contributed by atoms with van der Waals surface area (Å²) in [5, 5.41) is 7.48. The quantitative estimate of drug-likeness (QED) is 0.528. The molecule has 8 heteroatoms. The summed E-state index contributed by atoms with van der Waals surface area (Å²) in [6.45, 7) is 2.16. The number of rotatable bonds is 7. The lowest BCUT2D eigenvalue weighted by Gasteiger charge is -2.20. The van der Waals surface area contributed by atoms with Crippen molar-refractivity contribution >= 4 is 46.0 Å². The lowest BCUT2D eigenvalue weighted by molar-refractivity contribution is -0.113. The van der Waals surface area contributed by atoms with Crippen LogP contribution in [0.15, 0.2) is 59.6 Å². The second kappa shape index (κ2) is 9.18. The molecule has 2 N–H and O–H groups in total. The van der Waals surface area contributed by atoms with Crippen molar-refractivity contribution in [3.63, 3.8) is 0 Å². The highest BCUT2D eigenvalue weighted by molar-refractivity contribution is 8.00. The van der Waals surface area contributed by atoms with Gasteiger partial charge < -0.3 is 15.4 Å². The van der Waals surface area contributed by atoms with Gasteiger partial charge in [0.05, 0.1) is 23.5 Å². The van der Waals surface area contributed by atoms with Crippen molar-refractivity contribution in [2.45, 2.75) is 30.4 Å². The third-order valence-electron chi connectivity index (χ3n) is 5.66. The van der Waals surface area contributed by atoms with E-state index >= 15 is 0 Å². The highest BCUT2D eigenvalue weighted by atomic mass is 32.2. The molecule has 1 unspecified atom stereocenters. The van der Waals surface area contributed by atoms with Gasteiger partial charge in [0.25, 0.3) is 0 Å². The van der Waals surface area contributed by atoms with E-state index in [0.717, 1.165) is 53.1 Å². The van der Waals surface area contributed by atoms with Crippen molar-refractivity contribution in [2.75, 3.05) is 29.1 Å². The molecule has 0 bridgehead atoms. The predicted octanol–water partition coefficient (Wildman–Crippen LogP) is 4.17. The molecule has 0 aliphatic carbocycles. The number of aromatic nitrogens is 1. The Balaban J connectivity index is 1.10. The summed E-state index contributed by atoms with van der Waals surface area (Å²) in [4.78, 5) is 31.1. The molecule has 0 saturated carbocycles. The molecule has 7 nitrogen and oxygen atoms in total. The first kappa shape index (κ1) is 20.8. The number of cyclic esters (lactones) is 1. The van der Waals surface area contributed by atoms with Crippen LogP contribution in [0.2, 0.25) is 0 Å². The van der Waals surface area contributed by atoms with Crippen LogP contribution >= 0.6 is 11.8 Å². The normalized spacial score (nSPS) is 17.9. The van der Waals surface area contributed by atoms with E-state index in [1.165, 1.54) is 17.3 Å². The molecule has 1 aromatic heterocycles. The van der Waals surface area contributed by atoms with Gasteiger partial charge in [-0.1, -0.05) is 12.1 Å². The van der Waals surface area contributed by atoms with Gasteiger partial charge in [0.15, 0.2) is 0 Å². The highest BCUT2D eigenvalue weighted by Gasteiger charge is 2.32. The van der Waals surface area contributed by atoms with E-state index < -0.39 is 0 Å². The van der Waals surface area contributed by atoms with Gasteiger partial charge in [0, 0.05) is 28.7 Å². The predicted molar refractivity (Wildman–Crippen MR) is 126 cm³/mol. The largest absolute Gasteiger partial charge is 0.444 e. The molecule has 32 heavy (non-hydrogen) atoms. The van der Waals surface area contributed by atoms with Crippen molar-refractivity contribution < 1.29 is 14.3 Å². The van der Waals surface area contributed by atoms with Gasteiger partial charge in [-0.25, -0.2) is 4.79 Å². The van der Waals surface area contributed by atoms with Crippen LogP contribution in [-0.4, -0.2) is 41.9 Å². The van der Waals surface area contributed by atoms with E-state index in [2.05, 4.69) is 33.8 Å². The number of nitrogens with zero attached hydrogens (tertiary/aromatic N) is 2. The number of nitrogens with one attached hydrogen (secondary N) is 2. The fourth-order valence-corrected chi connectivity index (χ4v) is 4.83. The van der Waals surface area contributed by atoms with Crippen LogP contribution in [0.3, 0.4) is 0 Å². The third-order valence-corrected chi connectivity index (χ3v) is 6.73. The number of carbonyl (C=O) groups is 2. The summed E-state index contributed by atoms with van der Waals surface area (Å²) in [6.07, 6.45) is 3.06. The Kier molecular flexibility index (Phi) is 5.96. The zero-order valence-corrected chi connectivity index (χ0v) is 18.4. The minimum absolute atomic E-state index is 0.0191. The maximum atomic E-state index is 12.4. The Morgan fingerprint density at radius 1 is 1.19 bits per heavy atom. The summed E-state index contributed by atoms with van der Waals surface area (Å²) in [5.41, 5.74) is 3.74. The van der Waals surface area contributed by atoms with Crippen molar-refractivity contribution in [1.29, 1.82) is 0 Å². The first-order chi connectivity index (χ1) is 15.7. The molecule has 5 rings (SSSR count). The zero-order chi connectivity index (χ0) is 21.9. The van der Waals surface area contributed by atoms with Gasteiger partial charge in [-0.15, -0.1) is 11.8 Å². The maximum absolute atomic E-state index is 12.4. The number of pyridine rings is 1. The zero-order valence-electron chi connectivity index (χ0n) is 17.5. The number of thioether (sulfide) groups is 1. The van der Waals surface area contributed by atoms with Gasteiger partial charge in [-0.2, -0.15) is 0 Å². The number of hydrogen-bond donors (Lipinski definition) is 2. The molecule has 1 saturated heterocycles. The molecule has 0 radical (unpaired) electrons. The molecular weight excluding hydrogens is 424 g/mol. The molecule has 2 aromatic carbocycles. The summed E-state index contributed by atoms with van der Waals surface area (Å²) in [6, 6.07) is 16.0. The van der Waals surface area contributed by atoms with Crippen molar-refractivity contribution in [3.05, 3.63) is 60.3 Å². The van der Waals surface area contributed by atoms with Crippen LogP contribution in [0.4, 0.5) is 16.2 Å². The van der Waals surface area contributed by atoms with E-state index in [1.807, 2.05) is 30.3 Å².